The maximum absolute atomic E-state index is 6.21. The summed E-state index contributed by atoms with van der Waals surface area (Å²) in [6.45, 7) is 4.49. The van der Waals surface area contributed by atoms with Crippen molar-refractivity contribution in [3.63, 3.8) is 0 Å². The Bertz CT molecular complexity index is 669. The van der Waals surface area contributed by atoms with E-state index in [1.54, 1.807) is 0 Å². The first kappa shape index (κ1) is 16.8. The van der Waals surface area contributed by atoms with Crippen LogP contribution in [0.25, 0.3) is 0 Å². The fourth-order valence-corrected chi connectivity index (χ4v) is 2.61. The Morgan fingerprint density at radius 3 is 2.46 bits per heavy atom. The molecule has 0 saturated carbocycles. The Kier molecular flexibility index (Phi) is 5.34. The first-order chi connectivity index (χ1) is 11.6. The quantitative estimate of drug-likeness (QED) is 0.762. The molecule has 0 spiro atoms. The van der Waals surface area contributed by atoms with Gasteiger partial charge in [-0.25, -0.2) is 15.0 Å². The third kappa shape index (κ3) is 4.25. The molecule has 3 rings (SSSR count). The maximum Gasteiger partial charge on any atom is 0.169 e. The van der Waals surface area contributed by atoms with Crippen LogP contribution < -0.4 is 16.5 Å². The van der Waals surface area contributed by atoms with Crippen LogP contribution in [-0.2, 0) is 6.54 Å². The number of likely N-dealkylation sites (N-methyl/N-ethyl adjacent to an activating group) is 1. The molecule has 0 bridgehead atoms. The highest BCUT2D eigenvalue weighted by atomic mass is 35.5. The minimum absolute atomic E-state index is 0.519. The van der Waals surface area contributed by atoms with Crippen molar-refractivity contribution in [3.8, 4) is 0 Å². The molecule has 4 N–H and O–H groups in total. The molecule has 2 heterocycles. The first-order valence-electron chi connectivity index (χ1n) is 7.91. The number of hydrogen-bond donors (Lipinski definition) is 3. The number of piperazine rings is 1. The molecule has 0 amide bonds. The second-order valence-corrected chi connectivity index (χ2v) is 6.30. The van der Waals surface area contributed by atoms with E-state index in [1.165, 1.54) is 6.33 Å². The Labute approximate surface area is 146 Å². The molecular formula is C16H22ClN7. The van der Waals surface area contributed by atoms with Gasteiger partial charge in [-0.15, -0.1) is 0 Å². The van der Waals surface area contributed by atoms with Gasteiger partial charge in [-0.2, -0.15) is 0 Å². The molecule has 1 fully saturated rings. The minimum atomic E-state index is 0.519. The van der Waals surface area contributed by atoms with Gasteiger partial charge in [0.15, 0.2) is 11.6 Å². The van der Waals surface area contributed by atoms with Crippen molar-refractivity contribution in [3.05, 3.63) is 41.2 Å². The lowest BCUT2D eigenvalue weighted by Crippen LogP contribution is -2.47. The number of hydrogen-bond acceptors (Lipinski definition) is 7. The van der Waals surface area contributed by atoms with Gasteiger partial charge in [-0.3, -0.25) is 0 Å². The second kappa shape index (κ2) is 7.65. The fourth-order valence-electron chi connectivity index (χ4n) is 2.48. The number of nitrogens with two attached hydrogens (primary N) is 1. The number of anilines is 3. The molecular weight excluding hydrogens is 326 g/mol. The summed E-state index contributed by atoms with van der Waals surface area (Å²) in [5.74, 6) is 1.25. The third-order valence-electron chi connectivity index (χ3n) is 4.02. The van der Waals surface area contributed by atoms with Gasteiger partial charge >= 0.3 is 0 Å². The Hall–Kier alpha value is -2.09. The van der Waals surface area contributed by atoms with Crippen molar-refractivity contribution in [1.82, 2.24) is 19.9 Å². The first-order valence-corrected chi connectivity index (χ1v) is 8.28. The Morgan fingerprint density at radius 1 is 1.08 bits per heavy atom. The lowest BCUT2D eigenvalue weighted by molar-refractivity contribution is 0.178. The average Bonchev–Trinajstić information content (AvgIpc) is 2.59. The van der Waals surface area contributed by atoms with Crippen LogP contribution in [0.4, 0.5) is 17.3 Å². The highest BCUT2D eigenvalue weighted by Gasteiger charge is 2.16. The number of halogens is 1. The lowest BCUT2D eigenvalue weighted by Gasteiger charge is -2.32. The van der Waals surface area contributed by atoms with E-state index in [1.807, 2.05) is 24.3 Å². The summed E-state index contributed by atoms with van der Waals surface area (Å²) in [6, 6.07) is 7.66. The van der Waals surface area contributed by atoms with Crippen LogP contribution in [0.2, 0.25) is 5.02 Å². The van der Waals surface area contributed by atoms with Gasteiger partial charge in [0, 0.05) is 37.7 Å². The standard InChI is InChI=1S/C16H22ClN7/c1-23-6-8-24(9-7-23)22-16-14(18)15(20-11-21-16)19-10-12-2-4-13(17)5-3-12/h2-5,11H,6-10,18H2,1H3,(H2,19,20,21,22). The molecule has 1 aliphatic rings. The highest BCUT2D eigenvalue weighted by Crippen LogP contribution is 2.23. The summed E-state index contributed by atoms with van der Waals surface area (Å²) in [5.41, 5.74) is 11.1. The van der Waals surface area contributed by atoms with Gasteiger partial charge in [-0.05, 0) is 24.7 Å². The Morgan fingerprint density at radius 2 is 1.75 bits per heavy atom. The summed E-state index contributed by atoms with van der Waals surface area (Å²) < 4.78 is 0. The van der Waals surface area contributed by atoms with Crippen molar-refractivity contribution < 1.29 is 0 Å². The van der Waals surface area contributed by atoms with Crippen molar-refractivity contribution in [2.75, 3.05) is 49.7 Å². The lowest BCUT2D eigenvalue weighted by atomic mass is 10.2. The van der Waals surface area contributed by atoms with E-state index in [9.17, 15) is 0 Å². The van der Waals surface area contributed by atoms with Gasteiger partial charge in [0.1, 0.15) is 12.0 Å². The molecule has 1 saturated heterocycles. The van der Waals surface area contributed by atoms with E-state index >= 15 is 0 Å². The van der Waals surface area contributed by atoms with E-state index in [4.69, 9.17) is 17.3 Å². The van der Waals surface area contributed by atoms with E-state index in [-0.39, 0.29) is 0 Å². The van der Waals surface area contributed by atoms with E-state index in [2.05, 4.69) is 37.7 Å². The van der Waals surface area contributed by atoms with E-state index in [0.29, 0.717) is 23.9 Å². The third-order valence-corrected chi connectivity index (χ3v) is 4.28. The molecule has 128 valence electrons. The van der Waals surface area contributed by atoms with Gasteiger partial charge < -0.3 is 21.4 Å². The highest BCUT2D eigenvalue weighted by molar-refractivity contribution is 6.30. The smallest absolute Gasteiger partial charge is 0.169 e. The van der Waals surface area contributed by atoms with Crippen LogP contribution in [0, 0.1) is 0 Å². The number of benzene rings is 1. The number of nitrogen functional groups attached to an aromatic ring is 1. The molecule has 7 nitrogen and oxygen atoms in total. The topological polar surface area (TPSA) is 82.3 Å². The fraction of sp³-hybridized carbons (Fsp3) is 0.375. The molecule has 0 atom stereocenters. The van der Waals surface area contributed by atoms with Gasteiger partial charge in [0.25, 0.3) is 0 Å². The van der Waals surface area contributed by atoms with Gasteiger partial charge in [-0.1, -0.05) is 23.7 Å². The monoisotopic (exact) mass is 347 g/mol. The molecule has 0 aliphatic carbocycles. The van der Waals surface area contributed by atoms with E-state index < -0.39 is 0 Å². The summed E-state index contributed by atoms with van der Waals surface area (Å²) in [5, 5.41) is 6.10. The van der Waals surface area contributed by atoms with Crippen molar-refractivity contribution in [2.24, 2.45) is 0 Å². The van der Waals surface area contributed by atoms with Crippen LogP contribution in [0.15, 0.2) is 30.6 Å². The molecule has 2 aromatic rings. The zero-order valence-electron chi connectivity index (χ0n) is 13.7. The summed E-state index contributed by atoms with van der Waals surface area (Å²) >= 11 is 5.90. The SMILES string of the molecule is CN1CCN(Nc2ncnc(NCc3ccc(Cl)cc3)c2N)CC1. The predicted octanol–water partition coefficient (Wildman–Crippen LogP) is 1.90. The average molecular weight is 348 g/mol. The minimum Gasteiger partial charge on any atom is -0.393 e. The second-order valence-electron chi connectivity index (χ2n) is 5.87. The van der Waals surface area contributed by atoms with Crippen LogP contribution in [0.5, 0.6) is 0 Å². The number of hydrazine groups is 1. The van der Waals surface area contributed by atoms with Gasteiger partial charge in [0.05, 0.1) is 0 Å². The molecule has 0 radical (unpaired) electrons. The molecule has 8 heteroatoms. The van der Waals surface area contributed by atoms with Crippen LogP contribution in [0.1, 0.15) is 5.56 Å². The van der Waals surface area contributed by atoms with Crippen LogP contribution in [-0.4, -0.2) is 53.1 Å². The normalized spacial score (nSPS) is 16.1. The zero-order valence-corrected chi connectivity index (χ0v) is 14.4. The van der Waals surface area contributed by atoms with Crippen molar-refractivity contribution >= 4 is 28.9 Å². The van der Waals surface area contributed by atoms with Crippen molar-refractivity contribution in [1.29, 1.82) is 0 Å². The van der Waals surface area contributed by atoms with Gasteiger partial charge in [0.2, 0.25) is 0 Å². The predicted molar refractivity (Wildman–Crippen MR) is 97.9 cm³/mol. The molecule has 0 unspecified atom stereocenters. The number of nitrogens with zero attached hydrogens (tertiary/aromatic N) is 4. The van der Waals surface area contributed by atoms with Crippen molar-refractivity contribution in [2.45, 2.75) is 6.54 Å². The largest absolute Gasteiger partial charge is 0.393 e. The van der Waals surface area contributed by atoms with Crippen LogP contribution >= 0.6 is 11.6 Å². The number of nitrogens with one attached hydrogen (secondary N) is 2. The summed E-state index contributed by atoms with van der Waals surface area (Å²) in [7, 11) is 2.12. The van der Waals surface area contributed by atoms with E-state index in [0.717, 1.165) is 36.8 Å². The molecule has 1 aromatic carbocycles. The Balaban J connectivity index is 1.63. The summed E-state index contributed by atoms with van der Waals surface area (Å²) in [6.07, 6.45) is 1.51. The maximum atomic E-state index is 6.21. The molecule has 1 aliphatic heterocycles. The summed E-state index contributed by atoms with van der Waals surface area (Å²) in [4.78, 5) is 10.8. The molecule has 1 aromatic heterocycles. The number of aromatic nitrogens is 2. The number of rotatable bonds is 5. The zero-order chi connectivity index (χ0) is 16.9. The molecule has 24 heavy (non-hydrogen) atoms. The van der Waals surface area contributed by atoms with Crippen LogP contribution in [0.3, 0.4) is 0 Å².